The van der Waals surface area contributed by atoms with E-state index in [0.29, 0.717) is 11.4 Å². The van der Waals surface area contributed by atoms with Gasteiger partial charge in [0.15, 0.2) is 0 Å². The molecule has 2 N–H and O–H groups in total. The Morgan fingerprint density at radius 1 is 1.00 bits per heavy atom. The second-order valence-corrected chi connectivity index (χ2v) is 9.18. The summed E-state index contributed by atoms with van der Waals surface area (Å²) in [4.78, 5) is 13.4. The third-order valence-electron chi connectivity index (χ3n) is 4.14. The first-order valence-electron chi connectivity index (χ1n) is 8.63. The second kappa shape index (κ2) is 8.90. The Bertz CT molecular complexity index is 1150. The molecule has 0 radical (unpaired) electrons. The van der Waals surface area contributed by atoms with Gasteiger partial charge in [0, 0.05) is 16.1 Å². The number of sulfonamides is 1. The number of rotatable bonds is 6. The number of hydrogen-bond acceptors (Lipinski definition) is 4. The van der Waals surface area contributed by atoms with Gasteiger partial charge in [0.1, 0.15) is 4.90 Å². The summed E-state index contributed by atoms with van der Waals surface area (Å²) in [5.74, 6) is -0.421. The third kappa shape index (κ3) is 5.12. The molecule has 0 atom stereocenters. The summed E-state index contributed by atoms with van der Waals surface area (Å²) in [6.07, 6.45) is 1.91. The number of carbonyl (C=O) groups excluding carboxylic acids is 1. The van der Waals surface area contributed by atoms with Crippen molar-refractivity contribution in [2.75, 3.05) is 16.3 Å². The van der Waals surface area contributed by atoms with Crippen LogP contribution in [0.2, 0.25) is 5.02 Å². The van der Waals surface area contributed by atoms with E-state index >= 15 is 0 Å². The van der Waals surface area contributed by atoms with Crippen LogP contribution in [0.5, 0.6) is 0 Å². The van der Waals surface area contributed by atoms with Gasteiger partial charge >= 0.3 is 0 Å². The number of amides is 1. The predicted octanol–water partition coefficient (Wildman–Crippen LogP) is 5.42. The predicted molar refractivity (Wildman–Crippen MR) is 120 cm³/mol. The second-order valence-electron chi connectivity index (χ2n) is 6.27. The van der Waals surface area contributed by atoms with E-state index in [0.717, 1.165) is 10.5 Å². The van der Waals surface area contributed by atoms with Gasteiger partial charge in [-0.15, -0.1) is 11.8 Å². The highest BCUT2D eigenvalue weighted by molar-refractivity contribution is 7.98. The molecule has 0 aliphatic rings. The van der Waals surface area contributed by atoms with Crippen molar-refractivity contribution < 1.29 is 13.2 Å². The Balaban J connectivity index is 1.89. The summed E-state index contributed by atoms with van der Waals surface area (Å²) in [7, 11) is -3.96. The molecule has 0 spiro atoms. The molecule has 150 valence electrons. The zero-order chi connectivity index (χ0) is 21.0. The number of benzene rings is 3. The SMILES string of the molecule is CSc1ccccc1NC(=O)c1ccc(Cl)c(S(=O)(=O)Nc2ccc(C)cc2)c1. The molecule has 3 aromatic rings. The molecule has 0 heterocycles. The maximum absolute atomic E-state index is 12.8. The van der Waals surface area contributed by atoms with Crippen LogP contribution in [0.3, 0.4) is 0 Å². The quantitative estimate of drug-likeness (QED) is 0.495. The number of anilines is 2. The van der Waals surface area contributed by atoms with Gasteiger partial charge < -0.3 is 5.32 Å². The first kappa shape index (κ1) is 21.2. The molecule has 29 heavy (non-hydrogen) atoms. The maximum Gasteiger partial charge on any atom is 0.263 e. The molecule has 1 amide bonds. The highest BCUT2D eigenvalue weighted by Crippen LogP contribution is 2.28. The molecule has 0 aliphatic heterocycles. The van der Waals surface area contributed by atoms with Crippen molar-refractivity contribution in [1.29, 1.82) is 0 Å². The number of para-hydroxylation sites is 1. The van der Waals surface area contributed by atoms with Gasteiger partial charge in [-0.25, -0.2) is 8.42 Å². The molecule has 0 unspecified atom stereocenters. The lowest BCUT2D eigenvalue weighted by atomic mass is 10.2. The van der Waals surface area contributed by atoms with E-state index in [-0.39, 0.29) is 15.5 Å². The van der Waals surface area contributed by atoms with Crippen LogP contribution in [0.25, 0.3) is 0 Å². The van der Waals surface area contributed by atoms with Crippen LogP contribution in [0.4, 0.5) is 11.4 Å². The van der Waals surface area contributed by atoms with Gasteiger partial charge in [0.2, 0.25) is 0 Å². The molecule has 0 saturated heterocycles. The van der Waals surface area contributed by atoms with Crippen molar-refractivity contribution in [3.8, 4) is 0 Å². The van der Waals surface area contributed by atoms with Crippen LogP contribution in [-0.4, -0.2) is 20.6 Å². The Morgan fingerprint density at radius 2 is 1.69 bits per heavy atom. The topological polar surface area (TPSA) is 75.3 Å². The Hall–Kier alpha value is -2.48. The molecule has 5 nitrogen and oxygen atoms in total. The monoisotopic (exact) mass is 446 g/mol. The van der Waals surface area contributed by atoms with Gasteiger partial charge in [-0.3, -0.25) is 9.52 Å². The Morgan fingerprint density at radius 3 is 2.38 bits per heavy atom. The van der Waals surface area contributed by atoms with E-state index in [1.54, 1.807) is 30.3 Å². The fourth-order valence-corrected chi connectivity index (χ4v) is 4.76. The van der Waals surface area contributed by atoms with Gasteiger partial charge in [0.25, 0.3) is 15.9 Å². The summed E-state index contributed by atoms with van der Waals surface area (Å²) in [6, 6.07) is 18.5. The number of hydrogen-bond donors (Lipinski definition) is 2. The third-order valence-corrected chi connectivity index (χ3v) is 6.80. The summed E-state index contributed by atoms with van der Waals surface area (Å²) < 4.78 is 28.1. The Labute approximate surface area is 179 Å². The summed E-state index contributed by atoms with van der Waals surface area (Å²) in [6.45, 7) is 1.91. The number of nitrogens with one attached hydrogen (secondary N) is 2. The zero-order valence-corrected chi connectivity index (χ0v) is 18.2. The van der Waals surface area contributed by atoms with Crippen LogP contribution in [0.15, 0.2) is 76.5 Å². The minimum atomic E-state index is -3.96. The van der Waals surface area contributed by atoms with Crippen molar-refractivity contribution in [3.05, 3.63) is 82.9 Å². The minimum absolute atomic E-state index is 0.0330. The van der Waals surface area contributed by atoms with Gasteiger partial charge in [-0.05, 0) is 55.6 Å². The smallest absolute Gasteiger partial charge is 0.263 e. The molecule has 8 heteroatoms. The number of carbonyl (C=O) groups is 1. The standard InChI is InChI=1S/C21H19ClN2O3S2/c1-14-7-10-16(11-8-14)24-29(26,27)20-13-15(9-12-17(20)22)21(25)23-18-5-3-4-6-19(18)28-2/h3-13,24H,1-2H3,(H,23,25). The van der Waals surface area contributed by atoms with Crippen LogP contribution in [0.1, 0.15) is 15.9 Å². The van der Waals surface area contributed by atoms with Crippen LogP contribution in [-0.2, 0) is 10.0 Å². The number of aryl methyl sites for hydroxylation is 1. The van der Waals surface area contributed by atoms with E-state index in [1.807, 2.05) is 31.4 Å². The van der Waals surface area contributed by atoms with Gasteiger partial charge in [0.05, 0.1) is 10.7 Å². The average Bonchev–Trinajstić information content (AvgIpc) is 2.70. The van der Waals surface area contributed by atoms with E-state index in [2.05, 4.69) is 10.0 Å². The van der Waals surface area contributed by atoms with E-state index in [9.17, 15) is 13.2 Å². The van der Waals surface area contributed by atoms with Crippen LogP contribution in [0, 0.1) is 6.92 Å². The van der Waals surface area contributed by atoms with Crippen molar-refractivity contribution in [1.82, 2.24) is 0 Å². The van der Waals surface area contributed by atoms with Crippen LogP contribution >= 0.6 is 23.4 Å². The summed E-state index contributed by atoms with van der Waals surface area (Å²) >= 11 is 7.63. The number of halogens is 1. The largest absolute Gasteiger partial charge is 0.321 e. The molecule has 3 aromatic carbocycles. The van der Waals surface area contributed by atoms with E-state index < -0.39 is 15.9 Å². The molecule has 0 bridgehead atoms. The molecule has 0 fully saturated rings. The van der Waals surface area contributed by atoms with Crippen molar-refractivity contribution in [3.63, 3.8) is 0 Å². The first-order valence-corrected chi connectivity index (χ1v) is 11.7. The van der Waals surface area contributed by atoms with Crippen LogP contribution < -0.4 is 10.0 Å². The normalized spacial score (nSPS) is 11.1. The molecular formula is C21H19ClN2O3S2. The van der Waals surface area contributed by atoms with Crippen molar-refractivity contribution in [2.24, 2.45) is 0 Å². The minimum Gasteiger partial charge on any atom is -0.321 e. The Kier molecular flexibility index (Phi) is 6.52. The lowest BCUT2D eigenvalue weighted by Gasteiger charge is -2.12. The highest BCUT2D eigenvalue weighted by atomic mass is 35.5. The van der Waals surface area contributed by atoms with Gasteiger partial charge in [-0.1, -0.05) is 41.4 Å². The summed E-state index contributed by atoms with van der Waals surface area (Å²) in [5.41, 5.74) is 2.27. The average molecular weight is 447 g/mol. The molecular weight excluding hydrogens is 428 g/mol. The lowest BCUT2D eigenvalue weighted by molar-refractivity contribution is 0.102. The van der Waals surface area contributed by atoms with Crippen molar-refractivity contribution in [2.45, 2.75) is 16.7 Å². The first-order chi connectivity index (χ1) is 13.8. The maximum atomic E-state index is 12.8. The highest BCUT2D eigenvalue weighted by Gasteiger charge is 2.21. The lowest BCUT2D eigenvalue weighted by Crippen LogP contribution is -2.16. The summed E-state index contributed by atoms with van der Waals surface area (Å²) in [5, 5.41) is 2.85. The zero-order valence-electron chi connectivity index (χ0n) is 15.8. The molecule has 0 aromatic heterocycles. The number of thioether (sulfide) groups is 1. The molecule has 0 saturated carbocycles. The molecule has 0 aliphatic carbocycles. The van der Waals surface area contributed by atoms with E-state index in [1.165, 1.54) is 30.0 Å². The fraction of sp³-hybridized carbons (Fsp3) is 0.0952. The molecule has 3 rings (SSSR count). The van der Waals surface area contributed by atoms with Gasteiger partial charge in [-0.2, -0.15) is 0 Å². The van der Waals surface area contributed by atoms with E-state index in [4.69, 9.17) is 11.6 Å². The van der Waals surface area contributed by atoms with Crippen molar-refractivity contribution >= 4 is 50.7 Å². The fourth-order valence-electron chi connectivity index (χ4n) is 2.62.